The highest BCUT2D eigenvalue weighted by atomic mass is 32.1. The molecule has 1 unspecified atom stereocenters. The quantitative estimate of drug-likeness (QED) is 0.937. The van der Waals surface area contributed by atoms with Crippen LogP contribution in [0.25, 0.3) is 0 Å². The highest BCUT2D eigenvalue weighted by Crippen LogP contribution is 2.39. The van der Waals surface area contributed by atoms with E-state index in [1.54, 1.807) is 6.92 Å². The van der Waals surface area contributed by atoms with E-state index in [0.717, 1.165) is 11.1 Å². The fourth-order valence-electron chi connectivity index (χ4n) is 2.82. The molecule has 23 heavy (non-hydrogen) atoms. The van der Waals surface area contributed by atoms with Crippen LogP contribution < -0.4 is 0 Å². The Morgan fingerprint density at radius 1 is 1.30 bits per heavy atom. The van der Waals surface area contributed by atoms with Gasteiger partial charge in [-0.25, -0.2) is 9.59 Å². The average molecular weight is 331 g/mol. The van der Waals surface area contributed by atoms with Gasteiger partial charge in [0.25, 0.3) is 0 Å². The van der Waals surface area contributed by atoms with Gasteiger partial charge in [0.05, 0.1) is 0 Å². The van der Waals surface area contributed by atoms with Crippen molar-refractivity contribution in [2.45, 2.75) is 25.5 Å². The topological polar surface area (TPSA) is 66.8 Å². The van der Waals surface area contributed by atoms with E-state index in [9.17, 15) is 14.7 Å². The average Bonchev–Trinajstić information content (AvgIpc) is 3.03. The Labute approximate surface area is 138 Å². The molecule has 6 heteroatoms. The Hall–Kier alpha value is -2.34. The minimum absolute atomic E-state index is 0.128. The van der Waals surface area contributed by atoms with Gasteiger partial charge in [0.15, 0.2) is 5.54 Å². The number of benzene rings is 1. The molecule has 120 valence electrons. The third-order valence-electron chi connectivity index (χ3n) is 4.18. The summed E-state index contributed by atoms with van der Waals surface area (Å²) < 4.78 is 5.33. The minimum Gasteiger partial charge on any atom is -0.479 e. The van der Waals surface area contributed by atoms with Gasteiger partial charge >= 0.3 is 12.1 Å². The van der Waals surface area contributed by atoms with Crippen molar-refractivity contribution >= 4 is 23.4 Å². The molecule has 0 saturated heterocycles. The van der Waals surface area contributed by atoms with Gasteiger partial charge in [-0.1, -0.05) is 30.3 Å². The highest BCUT2D eigenvalue weighted by molar-refractivity contribution is 7.10. The fourth-order valence-corrected chi connectivity index (χ4v) is 3.94. The van der Waals surface area contributed by atoms with Crippen molar-refractivity contribution < 1.29 is 19.4 Å². The van der Waals surface area contributed by atoms with Crippen LogP contribution in [0, 0.1) is 0 Å². The summed E-state index contributed by atoms with van der Waals surface area (Å²) in [6.45, 7) is 2.02. The number of carboxylic acid groups (broad SMARTS) is 1. The van der Waals surface area contributed by atoms with Crippen molar-refractivity contribution in [1.82, 2.24) is 4.90 Å². The summed E-state index contributed by atoms with van der Waals surface area (Å²) in [5.74, 6) is -1.04. The van der Waals surface area contributed by atoms with Crippen molar-refractivity contribution in [2.24, 2.45) is 0 Å². The summed E-state index contributed by atoms with van der Waals surface area (Å²) in [4.78, 5) is 26.4. The molecule has 1 N–H and O–H groups in total. The van der Waals surface area contributed by atoms with E-state index in [2.05, 4.69) is 0 Å². The number of carboxylic acids is 1. The molecular formula is C17H17NO4S. The van der Waals surface area contributed by atoms with Crippen LogP contribution in [0.2, 0.25) is 0 Å². The molecule has 1 amide bonds. The zero-order valence-corrected chi connectivity index (χ0v) is 13.5. The molecule has 1 aliphatic heterocycles. The summed E-state index contributed by atoms with van der Waals surface area (Å²) in [6, 6.07) is 11.3. The number of hydrogen-bond acceptors (Lipinski definition) is 4. The second-order valence-electron chi connectivity index (χ2n) is 5.59. The van der Waals surface area contributed by atoms with E-state index in [-0.39, 0.29) is 6.61 Å². The third kappa shape index (κ3) is 2.70. The number of carbonyl (C=O) groups excluding carboxylic acids is 1. The smallest absolute Gasteiger partial charge is 0.411 e. The van der Waals surface area contributed by atoms with Crippen LogP contribution in [0.3, 0.4) is 0 Å². The second-order valence-corrected chi connectivity index (χ2v) is 6.51. The molecule has 2 heterocycles. The van der Waals surface area contributed by atoms with E-state index in [4.69, 9.17) is 4.74 Å². The zero-order valence-electron chi connectivity index (χ0n) is 12.7. The molecular weight excluding hydrogens is 314 g/mol. The lowest BCUT2D eigenvalue weighted by Crippen LogP contribution is -2.55. The molecule has 0 fully saturated rings. The molecule has 0 radical (unpaired) electrons. The lowest BCUT2D eigenvalue weighted by atomic mass is 9.89. The number of hydrogen-bond donors (Lipinski definition) is 1. The van der Waals surface area contributed by atoms with E-state index >= 15 is 0 Å². The predicted octanol–water partition coefficient (Wildman–Crippen LogP) is 3.24. The molecule has 5 nitrogen and oxygen atoms in total. The first-order valence-electron chi connectivity index (χ1n) is 7.32. The third-order valence-corrected chi connectivity index (χ3v) is 5.34. The number of thiophene rings is 1. The highest BCUT2D eigenvalue weighted by Gasteiger charge is 2.49. The molecule has 0 spiro atoms. The van der Waals surface area contributed by atoms with Gasteiger partial charge in [-0.2, -0.15) is 0 Å². The maximum Gasteiger partial charge on any atom is 0.411 e. The van der Waals surface area contributed by atoms with Crippen molar-refractivity contribution in [1.29, 1.82) is 0 Å². The molecule has 1 aromatic carbocycles. The number of nitrogens with zero attached hydrogens (tertiary/aromatic N) is 1. The van der Waals surface area contributed by atoms with Crippen molar-refractivity contribution in [2.75, 3.05) is 6.54 Å². The molecule has 1 aromatic heterocycles. The molecule has 1 atom stereocenters. The summed E-state index contributed by atoms with van der Waals surface area (Å²) in [7, 11) is 0. The molecule has 3 rings (SSSR count). The van der Waals surface area contributed by atoms with Gasteiger partial charge in [-0.05, 0) is 35.9 Å². The Morgan fingerprint density at radius 3 is 2.74 bits per heavy atom. The Morgan fingerprint density at radius 2 is 2.04 bits per heavy atom. The van der Waals surface area contributed by atoms with Gasteiger partial charge < -0.3 is 9.84 Å². The SMILES string of the molecule is CC1(C(=O)O)c2sccc2CCN1C(=O)OCc1ccccc1. The van der Waals surface area contributed by atoms with Gasteiger partial charge in [-0.3, -0.25) is 4.90 Å². The van der Waals surface area contributed by atoms with E-state index in [1.165, 1.54) is 16.2 Å². The van der Waals surface area contributed by atoms with Crippen LogP contribution in [0.15, 0.2) is 41.8 Å². The number of rotatable bonds is 3. The number of ether oxygens (including phenoxy) is 1. The number of aliphatic carboxylic acids is 1. The van der Waals surface area contributed by atoms with Crippen LogP contribution in [0.5, 0.6) is 0 Å². The van der Waals surface area contributed by atoms with Crippen molar-refractivity contribution in [3.8, 4) is 0 Å². The van der Waals surface area contributed by atoms with Crippen LogP contribution in [0.4, 0.5) is 4.79 Å². The Kier molecular flexibility index (Phi) is 4.09. The second kappa shape index (κ2) is 6.04. The largest absolute Gasteiger partial charge is 0.479 e. The summed E-state index contributed by atoms with van der Waals surface area (Å²) in [5.41, 5.74) is 0.480. The van der Waals surface area contributed by atoms with Gasteiger partial charge in [-0.15, -0.1) is 11.3 Å². The van der Waals surface area contributed by atoms with Crippen LogP contribution in [-0.4, -0.2) is 28.6 Å². The minimum atomic E-state index is -1.38. The summed E-state index contributed by atoms with van der Waals surface area (Å²) in [5, 5.41) is 11.6. The number of fused-ring (bicyclic) bond motifs is 1. The lowest BCUT2D eigenvalue weighted by molar-refractivity contribution is -0.150. The summed E-state index contributed by atoms with van der Waals surface area (Å²) in [6.07, 6.45) is 0.0418. The molecule has 0 aliphatic carbocycles. The molecule has 0 saturated carbocycles. The Bertz CT molecular complexity index is 727. The van der Waals surface area contributed by atoms with E-state index < -0.39 is 17.6 Å². The fraction of sp³-hybridized carbons (Fsp3) is 0.294. The van der Waals surface area contributed by atoms with Crippen molar-refractivity contribution in [3.05, 3.63) is 57.8 Å². The first kappa shape index (κ1) is 15.6. The Balaban J connectivity index is 1.81. The van der Waals surface area contributed by atoms with Crippen LogP contribution >= 0.6 is 11.3 Å². The maximum absolute atomic E-state index is 12.5. The normalized spacial score (nSPS) is 20.0. The number of amides is 1. The molecule has 1 aliphatic rings. The van der Waals surface area contributed by atoms with Gasteiger partial charge in [0.1, 0.15) is 6.61 Å². The van der Waals surface area contributed by atoms with E-state index in [0.29, 0.717) is 17.8 Å². The zero-order chi connectivity index (χ0) is 16.4. The first-order valence-corrected chi connectivity index (χ1v) is 8.20. The first-order chi connectivity index (χ1) is 11.0. The predicted molar refractivity (Wildman–Crippen MR) is 86.3 cm³/mol. The van der Waals surface area contributed by atoms with E-state index in [1.807, 2.05) is 41.8 Å². The molecule has 2 aromatic rings. The summed E-state index contributed by atoms with van der Waals surface area (Å²) >= 11 is 1.37. The van der Waals surface area contributed by atoms with Gasteiger partial charge in [0.2, 0.25) is 0 Å². The van der Waals surface area contributed by atoms with Crippen LogP contribution in [-0.2, 0) is 28.1 Å². The lowest BCUT2D eigenvalue weighted by Gasteiger charge is -2.40. The monoisotopic (exact) mass is 331 g/mol. The van der Waals surface area contributed by atoms with Gasteiger partial charge in [0, 0.05) is 11.4 Å². The molecule has 0 bridgehead atoms. The van der Waals surface area contributed by atoms with Crippen LogP contribution in [0.1, 0.15) is 22.9 Å². The van der Waals surface area contributed by atoms with Crippen molar-refractivity contribution in [3.63, 3.8) is 0 Å². The maximum atomic E-state index is 12.5. The standard InChI is InChI=1S/C17H17NO4S/c1-17(15(19)20)14-13(8-10-23-14)7-9-18(17)16(21)22-11-12-5-3-2-4-6-12/h2-6,8,10H,7,9,11H2,1H3,(H,19,20). The number of carbonyl (C=O) groups is 2.